The van der Waals surface area contributed by atoms with Crippen molar-refractivity contribution in [3.63, 3.8) is 0 Å². The minimum absolute atomic E-state index is 0.243. The van der Waals surface area contributed by atoms with E-state index in [1.54, 1.807) is 48.8 Å². The number of pyridine rings is 1. The van der Waals surface area contributed by atoms with Gasteiger partial charge in [0.05, 0.1) is 25.5 Å². The van der Waals surface area contributed by atoms with Crippen LogP contribution in [0.4, 0.5) is 10.6 Å². The van der Waals surface area contributed by atoms with Crippen molar-refractivity contribution in [2.45, 2.75) is 13.1 Å². The van der Waals surface area contributed by atoms with Crippen LogP contribution in [-0.4, -0.2) is 81.5 Å². The molecule has 3 heterocycles. The molecule has 212 valence electrons. The van der Waals surface area contributed by atoms with Gasteiger partial charge >= 0.3 is 6.09 Å². The summed E-state index contributed by atoms with van der Waals surface area (Å²) in [5.41, 5.74) is 3.74. The van der Waals surface area contributed by atoms with Crippen molar-refractivity contribution in [2.24, 2.45) is 0 Å². The summed E-state index contributed by atoms with van der Waals surface area (Å²) in [7, 11) is 0. The van der Waals surface area contributed by atoms with Crippen LogP contribution in [0.1, 0.15) is 21.5 Å². The summed E-state index contributed by atoms with van der Waals surface area (Å²) in [6.45, 7) is 5.26. The number of H-pyrrole nitrogens is 1. The molecule has 1 aliphatic heterocycles. The van der Waals surface area contributed by atoms with E-state index >= 15 is 0 Å². The number of morpholine rings is 1. The van der Waals surface area contributed by atoms with Crippen LogP contribution in [0, 0.1) is 0 Å². The van der Waals surface area contributed by atoms with Gasteiger partial charge in [0.15, 0.2) is 5.82 Å². The fourth-order valence-corrected chi connectivity index (χ4v) is 4.46. The highest BCUT2D eigenvalue weighted by atomic mass is 16.5. The number of aromatic nitrogens is 3. The summed E-state index contributed by atoms with van der Waals surface area (Å²) in [6, 6.07) is 19.9. The Hall–Kier alpha value is -4.74. The molecule has 4 aromatic rings. The van der Waals surface area contributed by atoms with E-state index in [-0.39, 0.29) is 19.0 Å². The van der Waals surface area contributed by atoms with E-state index in [1.165, 1.54) is 4.90 Å². The molecular formula is C30H32N6O5. The average molecular weight is 557 g/mol. The van der Waals surface area contributed by atoms with Crippen molar-refractivity contribution in [2.75, 3.05) is 44.8 Å². The maximum atomic E-state index is 12.7. The highest BCUT2D eigenvalue weighted by Crippen LogP contribution is 2.22. The van der Waals surface area contributed by atoms with Gasteiger partial charge in [-0.1, -0.05) is 30.3 Å². The summed E-state index contributed by atoms with van der Waals surface area (Å²) in [6.07, 6.45) is 2.31. The zero-order chi connectivity index (χ0) is 28.4. The van der Waals surface area contributed by atoms with Crippen LogP contribution in [0.15, 0.2) is 79.1 Å². The van der Waals surface area contributed by atoms with Gasteiger partial charge in [0.2, 0.25) is 0 Å². The fourth-order valence-electron chi connectivity index (χ4n) is 4.46. The van der Waals surface area contributed by atoms with Gasteiger partial charge in [0.1, 0.15) is 12.4 Å². The van der Waals surface area contributed by atoms with Crippen LogP contribution < -0.4 is 10.1 Å². The number of carbonyl (C=O) groups is 2. The van der Waals surface area contributed by atoms with Crippen molar-refractivity contribution >= 4 is 17.8 Å². The molecule has 5 rings (SSSR count). The first-order valence-corrected chi connectivity index (χ1v) is 13.4. The summed E-state index contributed by atoms with van der Waals surface area (Å²) >= 11 is 0. The molecule has 2 aromatic carbocycles. The van der Waals surface area contributed by atoms with Gasteiger partial charge in [0.25, 0.3) is 5.91 Å². The Morgan fingerprint density at radius 3 is 2.49 bits per heavy atom. The summed E-state index contributed by atoms with van der Waals surface area (Å²) < 4.78 is 11.2. The standard InChI is InChI=1S/C30H32N6O5/c37-29(25-7-9-26(10-8-25)41-17-14-35-12-15-40-16-13-35)32-28-18-27(33-34-28)24-5-3-22(4-6-24)20-36(30(38)39)21-23-2-1-11-31-19-23/h1-11,18-19H,12-17,20-21H2,(H,38,39)(H2,32,33,34,37). The quantitative estimate of drug-likeness (QED) is 0.251. The van der Waals surface area contributed by atoms with Gasteiger partial charge in [-0.05, 0) is 47.0 Å². The predicted molar refractivity (Wildman–Crippen MR) is 153 cm³/mol. The lowest BCUT2D eigenvalue weighted by Gasteiger charge is -2.26. The van der Waals surface area contributed by atoms with E-state index in [2.05, 4.69) is 25.4 Å². The van der Waals surface area contributed by atoms with Crippen LogP contribution in [-0.2, 0) is 17.8 Å². The lowest BCUT2D eigenvalue weighted by Crippen LogP contribution is -2.38. The predicted octanol–water partition coefficient (Wildman–Crippen LogP) is 4.12. The zero-order valence-corrected chi connectivity index (χ0v) is 22.5. The number of hydrogen-bond donors (Lipinski definition) is 3. The third-order valence-corrected chi connectivity index (χ3v) is 6.72. The average Bonchev–Trinajstić information content (AvgIpc) is 3.47. The van der Waals surface area contributed by atoms with Gasteiger partial charge in [0, 0.05) is 50.2 Å². The molecule has 2 aromatic heterocycles. The van der Waals surface area contributed by atoms with Gasteiger partial charge in [-0.3, -0.25) is 24.7 Å². The number of ether oxygens (including phenoxy) is 2. The molecule has 0 radical (unpaired) electrons. The molecule has 1 saturated heterocycles. The second-order valence-electron chi connectivity index (χ2n) is 9.64. The largest absolute Gasteiger partial charge is 0.492 e. The van der Waals surface area contributed by atoms with Crippen LogP contribution in [0.2, 0.25) is 0 Å². The molecule has 1 aliphatic rings. The number of nitrogens with one attached hydrogen (secondary N) is 2. The first-order chi connectivity index (χ1) is 20.0. The topological polar surface area (TPSA) is 133 Å². The summed E-state index contributed by atoms with van der Waals surface area (Å²) in [5.74, 6) is 0.831. The normalized spacial score (nSPS) is 13.5. The number of amides is 2. The number of benzene rings is 2. The van der Waals surface area contributed by atoms with E-state index in [0.717, 1.165) is 55.2 Å². The molecule has 0 unspecified atom stereocenters. The molecule has 0 atom stereocenters. The molecular weight excluding hydrogens is 524 g/mol. The van der Waals surface area contributed by atoms with Gasteiger partial charge in [-0.25, -0.2) is 4.79 Å². The molecule has 1 fully saturated rings. The Morgan fingerprint density at radius 2 is 1.78 bits per heavy atom. The molecule has 0 aliphatic carbocycles. The van der Waals surface area contributed by atoms with Crippen molar-refractivity contribution in [1.82, 2.24) is 25.0 Å². The Morgan fingerprint density at radius 1 is 1.02 bits per heavy atom. The monoisotopic (exact) mass is 556 g/mol. The molecule has 2 amide bonds. The minimum Gasteiger partial charge on any atom is -0.492 e. The lowest BCUT2D eigenvalue weighted by molar-refractivity contribution is 0.0322. The van der Waals surface area contributed by atoms with Crippen molar-refractivity contribution in [1.29, 1.82) is 0 Å². The highest BCUT2D eigenvalue weighted by Gasteiger charge is 2.15. The van der Waals surface area contributed by atoms with Gasteiger partial charge in [-0.15, -0.1) is 0 Å². The van der Waals surface area contributed by atoms with E-state index in [0.29, 0.717) is 23.7 Å². The third-order valence-electron chi connectivity index (χ3n) is 6.72. The second kappa shape index (κ2) is 13.6. The third kappa shape index (κ3) is 7.90. The maximum Gasteiger partial charge on any atom is 0.407 e. The smallest absolute Gasteiger partial charge is 0.407 e. The van der Waals surface area contributed by atoms with E-state index in [1.807, 2.05) is 30.3 Å². The van der Waals surface area contributed by atoms with Crippen LogP contribution >= 0.6 is 0 Å². The first kappa shape index (κ1) is 27.8. The van der Waals surface area contributed by atoms with Crippen LogP contribution in [0.5, 0.6) is 5.75 Å². The number of aromatic amines is 1. The molecule has 11 nitrogen and oxygen atoms in total. The molecule has 0 saturated carbocycles. The van der Waals surface area contributed by atoms with E-state index < -0.39 is 6.09 Å². The van der Waals surface area contributed by atoms with Gasteiger partial charge in [-0.2, -0.15) is 5.10 Å². The molecule has 0 spiro atoms. The Bertz CT molecular complexity index is 1420. The lowest BCUT2D eigenvalue weighted by atomic mass is 10.1. The number of carbonyl (C=O) groups excluding carboxylic acids is 1. The van der Waals surface area contributed by atoms with Crippen molar-refractivity contribution in [3.8, 4) is 17.0 Å². The zero-order valence-electron chi connectivity index (χ0n) is 22.5. The highest BCUT2D eigenvalue weighted by molar-refractivity contribution is 6.04. The number of rotatable bonds is 11. The Balaban J connectivity index is 1.12. The second-order valence-corrected chi connectivity index (χ2v) is 9.64. The Labute approximate surface area is 237 Å². The molecule has 11 heteroatoms. The number of nitrogens with zero attached hydrogens (tertiary/aromatic N) is 4. The van der Waals surface area contributed by atoms with Crippen LogP contribution in [0.25, 0.3) is 11.3 Å². The van der Waals surface area contributed by atoms with Crippen molar-refractivity contribution in [3.05, 3.63) is 95.8 Å². The number of hydrogen-bond acceptors (Lipinski definition) is 7. The Kier molecular flexibility index (Phi) is 9.19. The van der Waals surface area contributed by atoms with Crippen molar-refractivity contribution < 1.29 is 24.2 Å². The molecule has 3 N–H and O–H groups in total. The van der Waals surface area contributed by atoms with Gasteiger partial charge < -0.3 is 19.9 Å². The van der Waals surface area contributed by atoms with Crippen LogP contribution in [0.3, 0.4) is 0 Å². The van der Waals surface area contributed by atoms with E-state index in [4.69, 9.17) is 9.47 Å². The SMILES string of the molecule is O=C(Nc1cc(-c2ccc(CN(Cc3cccnc3)C(=O)O)cc2)[nH]n1)c1ccc(OCCN2CCOCC2)cc1. The number of anilines is 1. The summed E-state index contributed by atoms with van der Waals surface area (Å²) in [5, 5.41) is 19.6. The minimum atomic E-state index is -1.00. The van der Waals surface area contributed by atoms with E-state index in [9.17, 15) is 14.7 Å². The fraction of sp³-hybridized carbons (Fsp3) is 0.267. The molecule has 0 bridgehead atoms. The number of carboxylic acid groups (broad SMARTS) is 1. The molecule has 41 heavy (non-hydrogen) atoms. The maximum absolute atomic E-state index is 12.7. The first-order valence-electron chi connectivity index (χ1n) is 13.4. The summed E-state index contributed by atoms with van der Waals surface area (Å²) in [4.78, 5) is 32.2.